The van der Waals surface area contributed by atoms with Gasteiger partial charge in [0.25, 0.3) is 0 Å². The van der Waals surface area contributed by atoms with Gasteiger partial charge in [-0.3, -0.25) is 19.5 Å². The van der Waals surface area contributed by atoms with E-state index in [1.807, 2.05) is 46.4 Å². The predicted molar refractivity (Wildman–Crippen MR) is 176 cm³/mol. The van der Waals surface area contributed by atoms with Crippen LogP contribution < -0.4 is 10.6 Å². The van der Waals surface area contributed by atoms with Crippen LogP contribution in [0.15, 0.2) is 60.8 Å². The van der Waals surface area contributed by atoms with Crippen LogP contribution in [0.3, 0.4) is 0 Å². The molecule has 2 aromatic rings. The molecule has 3 rings (SSSR count). The molecule has 0 aliphatic carbocycles. The highest BCUT2D eigenvalue weighted by Crippen LogP contribution is 2.39. The second kappa shape index (κ2) is 16.4. The molecule has 0 unspecified atom stereocenters. The molecule has 0 bridgehead atoms. The second-order valence-electron chi connectivity index (χ2n) is 10.5. The predicted octanol–water partition coefficient (Wildman–Crippen LogP) is 5.62. The number of carbonyl (C=O) groups excluding carboxylic acids is 2. The van der Waals surface area contributed by atoms with Gasteiger partial charge in [-0.2, -0.15) is 0 Å². The molecule has 1 saturated heterocycles. The van der Waals surface area contributed by atoms with E-state index in [2.05, 4.69) is 39.7 Å². The molecule has 10 nitrogen and oxygen atoms in total. The minimum Gasteiger partial charge on any atom is -0.398 e. The Balaban J connectivity index is 0.00000345. The van der Waals surface area contributed by atoms with E-state index < -0.39 is 22.9 Å². The first kappa shape index (κ1) is 36.5. The largest absolute Gasteiger partial charge is 0.398 e. The molecule has 2 aromatic heterocycles. The maximum Gasteiger partial charge on any atom is 0.246 e. The zero-order valence-electron chi connectivity index (χ0n) is 27.3. The number of nitrogens with zero attached hydrogens (tertiary/aromatic N) is 7. The van der Waals surface area contributed by atoms with Crippen LogP contribution in [0.4, 0.5) is 20.3 Å². The Bertz CT molecular complexity index is 1470. The van der Waals surface area contributed by atoms with Gasteiger partial charge in [0.05, 0.1) is 28.2 Å². The summed E-state index contributed by atoms with van der Waals surface area (Å²) in [5.41, 5.74) is 6.62. The van der Waals surface area contributed by atoms with Gasteiger partial charge in [0.15, 0.2) is 11.6 Å². The van der Waals surface area contributed by atoms with Gasteiger partial charge >= 0.3 is 0 Å². The van der Waals surface area contributed by atoms with E-state index in [-0.39, 0.29) is 34.8 Å². The van der Waals surface area contributed by atoms with E-state index in [1.165, 1.54) is 24.4 Å². The first-order valence-electron chi connectivity index (χ1n) is 14.8. The Morgan fingerprint density at radius 3 is 2.00 bits per heavy atom. The van der Waals surface area contributed by atoms with Crippen molar-refractivity contribution in [2.75, 3.05) is 38.1 Å². The molecular formula is C33H44F2N8O2. The fourth-order valence-corrected chi connectivity index (χ4v) is 4.93. The van der Waals surface area contributed by atoms with Crippen molar-refractivity contribution in [2.24, 2.45) is 10.7 Å². The number of hydrogen-bond acceptors (Lipinski definition) is 7. The van der Waals surface area contributed by atoms with E-state index in [0.29, 0.717) is 55.5 Å². The van der Waals surface area contributed by atoms with Gasteiger partial charge in [-0.25, -0.2) is 23.7 Å². The van der Waals surface area contributed by atoms with Crippen LogP contribution in [0.1, 0.15) is 76.0 Å². The van der Waals surface area contributed by atoms with Crippen molar-refractivity contribution in [3.63, 3.8) is 0 Å². The fraction of sp³-hybridized carbons (Fsp3) is 0.394. The molecule has 0 spiro atoms. The van der Waals surface area contributed by atoms with Crippen molar-refractivity contribution < 1.29 is 18.4 Å². The number of amides is 2. The van der Waals surface area contributed by atoms with Crippen molar-refractivity contribution >= 4 is 35.2 Å². The van der Waals surface area contributed by atoms with Crippen molar-refractivity contribution in [1.29, 1.82) is 0 Å². The average molecular weight is 623 g/mol. The topological polar surface area (TPSA) is 121 Å². The Morgan fingerprint density at radius 1 is 1.04 bits per heavy atom. The van der Waals surface area contributed by atoms with E-state index >= 15 is 4.39 Å². The molecule has 12 heteroatoms. The maximum atomic E-state index is 15.9. The molecule has 2 N–H and O–H groups in total. The van der Waals surface area contributed by atoms with Gasteiger partial charge in [0.1, 0.15) is 23.7 Å². The minimum absolute atomic E-state index is 0.0363. The first-order valence-corrected chi connectivity index (χ1v) is 14.8. The van der Waals surface area contributed by atoms with E-state index in [4.69, 9.17) is 5.73 Å². The first-order chi connectivity index (χ1) is 21.4. The number of hydrogen-bond donors (Lipinski definition) is 1. The monoisotopic (exact) mass is 622 g/mol. The summed E-state index contributed by atoms with van der Waals surface area (Å²) >= 11 is 0. The van der Waals surface area contributed by atoms with Crippen LogP contribution in [-0.2, 0) is 9.59 Å². The molecule has 0 atom stereocenters. The van der Waals surface area contributed by atoms with E-state index in [9.17, 15) is 14.0 Å². The number of amidine groups is 1. The molecular weight excluding hydrogens is 578 g/mol. The molecule has 3 heterocycles. The molecule has 45 heavy (non-hydrogen) atoms. The standard InChI is InChI=1S/C31H38F2N8O2.C2H6/c1-9-23(34)25(20(7)32)28-22(33)15-21(30(35-8)40-13-11-39(12-14-40)24(43)10-2)31(38-28)41(17-42)29-26(18(3)4)36-16-37-27(29)19(5)6;1-2/h9-10,15-19H,1-2,7,11-14,34H2,3-6,8H3;1-2H3/b25-23-,35-30?;. The number of carbonyl (C=O) groups is 2. The quantitative estimate of drug-likeness (QED) is 0.120. The van der Waals surface area contributed by atoms with Crippen LogP contribution >= 0.6 is 0 Å². The normalized spacial score (nSPS) is 14.0. The molecule has 1 aliphatic heterocycles. The van der Waals surface area contributed by atoms with Gasteiger partial charge < -0.3 is 15.5 Å². The lowest BCUT2D eigenvalue weighted by Gasteiger charge is -2.37. The third-order valence-corrected chi connectivity index (χ3v) is 7.04. The SMILES string of the molecule is C=CC(=O)N1CCN(C(=NC)c2cc(F)c(/C(C(=C)F)=C(\N)C=C)nc2N(C=O)c2c(C(C)C)ncnc2C(C)C)CC1.CC. The van der Waals surface area contributed by atoms with E-state index in [1.54, 1.807) is 4.90 Å². The van der Waals surface area contributed by atoms with Crippen LogP contribution in [0.5, 0.6) is 0 Å². The highest BCUT2D eigenvalue weighted by molar-refractivity contribution is 6.06. The third-order valence-electron chi connectivity index (χ3n) is 7.04. The summed E-state index contributed by atoms with van der Waals surface area (Å²) in [7, 11) is 1.53. The molecule has 1 aliphatic rings. The lowest BCUT2D eigenvalue weighted by atomic mass is 10.00. The average Bonchev–Trinajstić information content (AvgIpc) is 3.03. The number of nitrogens with two attached hydrogens (primary N) is 1. The summed E-state index contributed by atoms with van der Waals surface area (Å²) in [5.74, 6) is -2.12. The Labute approximate surface area is 264 Å². The number of allylic oxidation sites excluding steroid dienone is 3. The molecule has 1 fully saturated rings. The second-order valence-corrected chi connectivity index (χ2v) is 10.5. The Hall–Kier alpha value is -4.74. The number of rotatable bonds is 10. The summed E-state index contributed by atoms with van der Waals surface area (Å²) in [6.07, 6.45) is 4.39. The van der Waals surface area contributed by atoms with Crippen molar-refractivity contribution in [2.45, 2.75) is 53.4 Å². The summed E-state index contributed by atoms with van der Waals surface area (Å²) < 4.78 is 30.7. The smallest absolute Gasteiger partial charge is 0.246 e. The highest BCUT2D eigenvalue weighted by Gasteiger charge is 2.32. The van der Waals surface area contributed by atoms with Gasteiger partial charge in [-0.1, -0.05) is 61.3 Å². The fourth-order valence-electron chi connectivity index (χ4n) is 4.93. The Kier molecular flexibility index (Phi) is 13.3. The maximum absolute atomic E-state index is 15.9. The Morgan fingerprint density at radius 2 is 1.58 bits per heavy atom. The lowest BCUT2D eigenvalue weighted by Crippen LogP contribution is -2.50. The summed E-state index contributed by atoms with van der Waals surface area (Å²) in [5, 5.41) is 0. The number of anilines is 2. The molecule has 2 amide bonds. The minimum atomic E-state index is -1.03. The number of aliphatic imine (C=N–C) groups is 1. The number of aromatic nitrogens is 3. The van der Waals surface area contributed by atoms with Crippen molar-refractivity contribution in [3.8, 4) is 0 Å². The van der Waals surface area contributed by atoms with Crippen LogP contribution in [0.25, 0.3) is 5.57 Å². The highest BCUT2D eigenvalue weighted by atomic mass is 19.1. The van der Waals surface area contributed by atoms with Crippen molar-refractivity contribution in [3.05, 3.63) is 84.3 Å². The lowest BCUT2D eigenvalue weighted by molar-refractivity contribution is -0.127. The zero-order chi connectivity index (χ0) is 34.0. The number of piperazine rings is 1. The van der Waals surface area contributed by atoms with Gasteiger partial charge in [-0.05, 0) is 30.1 Å². The molecule has 0 radical (unpaired) electrons. The van der Waals surface area contributed by atoms with Gasteiger partial charge in [0, 0.05) is 38.9 Å². The number of halogens is 2. The van der Waals surface area contributed by atoms with Crippen molar-refractivity contribution in [1.82, 2.24) is 24.8 Å². The molecule has 0 aromatic carbocycles. The summed E-state index contributed by atoms with van der Waals surface area (Å²) in [6, 6.07) is 1.14. The van der Waals surface area contributed by atoms with Crippen LogP contribution in [0, 0.1) is 5.82 Å². The number of pyridine rings is 1. The molecule has 242 valence electrons. The third kappa shape index (κ3) is 7.86. The van der Waals surface area contributed by atoms with Crippen LogP contribution in [0.2, 0.25) is 0 Å². The summed E-state index contributed by atoms with van der Waals surface area (Å²) in [6.45, 7) is 23.6. The van der Waals surface area contributed by atoms with Gasteiger partial charge in [-0.15, -0.1) is 0 Å². The van der Waals surface area contributed by atoms with Crippen LogP contribution in [-0.4, -0.2) is 76.1 Å². The summed E-state index contributed by atoms with van der Waals surface area (Å²) in [4.78, 5) is 47.8. The van der Waals surface area contributed by atoms with Gasteiger partial charge in [0.2, 0.25) is 12.3 Å². The molecule has 0 saturated carbocycles. The van der Waals surface area contributed by atoms with E-state index in [0.717, 1.165) is 12.1 Å². The zero-order valence-corrected chi connectivity index (χ0v) is 27.3.